The van der Waals surface area contributed by atoms with E-state index in [1.165, 1.54) is 5.56 Å². The molecule has 0 aliphatic carbocycles. The van der Waals surface area contributed by atoms with Gasteiger partial charge in [0.05, 0.1) is 12.8 Å². The van der Waals surface area contributed by atoms with E-state index >= 15 is 0 Å². The largest absolute Gasteiger partial charge is 0.497 e. The highest BCUT2D eigenvalue weighted by atomic mass is 16.5. The maximum absolute atomic E-state index is 12.8. The van der Waals surface area contributed by atoms with Crippen molar-refractivity contribution in [2.75, 3.05) is 33.3 Å². The number of benzene rings is 2. The monoisotopic (exact) mass is 376 g/mol. The third-order valence-electron chi connectivity index (χ3n) is 5.11. The number of carbonyl (C=O) groups is 1. The molecule has 0 N–H and O–H groups in total. The Hall–Kier alpha value is -3.12. The first-order valence-corrected chi connectivity index (χ1v) is 9.47. The van der Waals surface area contributed by atoms with Crippen LogP contribution in [0.4, 0.5) is 0 Å². The van der Waals surface area contributed by atoms with Crippen molar-refractivity contribution in [2.45, 2.75) is 6.54 Å². The Morgan fingerprint density at radius 1 is 1.00 bits per heavy atom. The molecule has 1 fully saturated rings. The molecule has 0 radical (unpaired) electrons. The molecule has 1 amide bonds. The third-order valence-corrected chi connectivity index (χ3v) is 5.11. The van der Waals surface area contributed by atoms with E-state index in [1.54, 1.807) is 18.0 Å². The summed E-state index contributed by atoms with van der Waals surface area (Å²) in [4.78, 5) is 17.1. The molecule has 28 heavy (non-hydrogen) atoms. The molecule has 1 aliphatic rings. The average molecular weight is 376 g/mol. The minimum Gasteiger partial charge on any atom is -0.497 e. The van der Waals surface area contributed by atoms with Crippen LogP contribution in [-0.2, 0) is 6.54 Å². The van der Waals surface area contributed by atoms with Gasteiger partial charge in [-0.25, -0.2) is 4.68 Å². The number of nitrogens with zero attached hydrogens (tertiary/aromatic N) is 4. The van der Waals surface area contributed by atoms with Gasteiger partial charge in [-0.15, -0.1) is 0 Å². The van der Waals surface area contributed by atoms with Gasteiger partial charge in [-0.2, -0.15) is 5.10 Å². The molecule has 2 aromatic carbocycles. The molecule has 2 heterocycles. The van der Waals surface area contributed by atoms with Crippen molar-refractivity contribution in [1.29, 1.82) is 0 Å². The number of carbonyl (C=O) groups excluding carboxylic acids is 1. The number of rotatable bonds is 5. The Kier molecular flexibility index (Phi) is 5.39. The van der Waals surface area contributed by atoms with E-state index in [1.807, 2.05) is 53.6 Å². The molecular formula is C22H24N4O2. The molecule has 0 unspecified atom stereocenters. The summed E-state index contributed by atoms with van der Waals surface area (Å²) in [6.45, 7) is 4.14. The number of methoxy groups -OCH3 is 1. The lowest BCUT2D eigenvalue weighted by molar-refractivity contribution is 0.0628. The van der Waals surface area contributed by atoms with Crippen LogP contribution in [0.1, 0.15) is 15.9 Å². The van der Waals surface area contributed by atoms with Crippen LogP contribution in [0, 0.1) is 0 Å². The summed E-state index contributed by atoms with van der Waals surface area (Å²) in [6, 6.07) is 17.7. The summed E-state index contributed by atoms with van der Waals surface area (Å²) in [7, 11) is 1.68. The molecule has 0 saturated carbocycles. The van der Waals surface area contributed by atoms with E-state index in [0.29, 0.717) is 0 Å². The lowest BCUT2D eigenvalue weighted by Crippen LogP contribution is -2.48. The lowest BCUT2D eigenvalue weighted by Gasteiger charge is -2.34. The fourth-order valence-electron chi connectivity index (χ4n) is 3.46. The second-order valence-corrected chi connectivity index (χ2v) is 6.91. The van der Waals surface area contributed by atoms with Gasteiger partial charge in [0.1, 0.15) is 5.75 Å². The molecule has 1 aliphatic heterocycles. The molecule has 144 valence electrons. The first-order valence-electron chi connectivity index (χ1n) is 9.47. The van der Waals surface area contributed by atoms with Gasteiger partial charge in [0.15, 0.2) is 0 Å². The zero-order valence-corrected chi connectivity index (χ0v) is 16.0. The van der Waals surface area contributed by atoms with Crippen LogP contribution >= 0.6 is 0 Å². The van der Waals surface area contributed by atoms with Crippen LogP contribution in [0.15, 0.2) is 67.0 Å². The van der Waals surface area contributed by atoms with Crippen LogP contribution in [0.5, 0.6) is 5.75 Å². The molecule has 1 saturated heterocycles. The van der Waals surface area contributed by atoms with E-state index in [-0.39, 0.29) is 5.91 Å². The van der Waals surface area contributed by atoms with Crippen LogP contribution < -0.4 is 4.74 Å². The first-order chi connectivity index (χ1) is 13.7. The van der Waals surface area contributed by atoms with Crippen molar-refractivity contribution in [3.05, 3.63) is 78.1 Å². The van der Waals surface area contributed by atoms with Crippen LogP contribution in [0.25, 0.3) is 5.69 Å². The molecule has 3 aromatic rings. The van der Waals surface area contributed by atoms with Crippen LogP contribution in [0.3, 0.4) is 0 Å². The fourth-order valence-corrected chi connectivity index (χ4v) is 3.46. The number of piperazine rings is 1. The van der Waals surface area contributed by atoms with Crippen molar-refractivity contribution in [1.82, 2.24) is 19.6 Å². The number of amides is 1. The van der Waals surface area contributed by atoms with Crippen molar-refractivity contribution < 1.29 is 9.53 Å². The summed E-state index contributed by atoms with van der Waals surface area (Å²) < 4.78 is 6.99. The van der Waals surface area contributed by atoms with Crippen LogP contribution in [-0.4, -0.2) is 58.8 Å². The van der Waals surface area contributed by atoms with E-state index in [9.17, 15) is 4.79 Å². The SMILES string of the molecule is COc1ccc(CN2CCN(C(=O)c3ccc(-n4cccn4)cc3)CC2)cc1. The van der Waals surface area contributed by atoms with Gasteiger partial charge in [0.25, 0.3) is 5.91 Å². The van der Waals surface area contributed by atoms with Gasteiger partial charge >= 0.3 is 0 Å². The lowest BCUT2D eigenvalue weighted by atomic mass is 10.1. The molecule has 0 spiro atoms. The summed E-state index contributed by atoms with van der Waals surface area (Å²) in [6.07, 6.45) is 3.63. The van der Waals surface area contributed by atoms with Gasteiger partial charge < -0.3 is 9.64 Å². The standard InChI is InChI=1S/C22H24N4O2/c1-28-21-9-3-18(4-10-21)17-24-13-15-25(16-14-24)22(27)19-5-7-20(8-6-19)26-12-2-11-23-26/h2-12H,13-17H2,1H3. The Bertz CT molecular complexity index is 897. The van der Waals surface area contributed by atoms with Crippen molar-refractivity contribution in [2.24, 2.45) is 0 Å². The van der Waals surface area contributed by atoms with E-state index < -0.39 is 0 Å². The van der Waals surface area contributed by atoms with Gasteiger partial charge in [-0.1, -0.05) is 12.1 Å². The topological polar surface area (TPSA) is 50.6 Å². The fraction of sp³-hybridized carbons (Fsp3) is 0.273. The number of hydrogen-bond donors (Lipinski definition) is 0. The summed E-state index contributed by atoms with van der Waals surface area (Å²) >= 11 is 0. The third kappa shape index (κ3) is 4.07. The molecule has 0 atom stereocenters. The smallest absolute Gasteiger partial charge is 0.253 e. The number of hydrogen-bond acceptors (Lipinski definition) is 4. The predicted molar refractivity (Wildman–Crippen MR) is 108 cm³/mol. The number of aromatic nitrogens is 2. The van der Waals surface area contributed by atoms with Gasteiger partial charge in [0.2, 0.25) is 0 Å². The summed E-state index contributed by atoms with van der Waals surface area (Å²) in [5.41, 5.74) is 2.93. The second-order valence-electron chi connectivity index (χ2n) is 6.91. The minimum absolute atomic E-state index is 0.0936. The zero-order chi connectivity index (χ0) is 19.3. The average Bonchev–Trinajstić information content (AvgIpc) is 3.29. The van der Waals surface area contributed by atoms with Gasteiger partial charge in [0, 0.05) is 50.7 Å². The first kappa shape index (κ1) is 18.3. The number of ether oxygens (including phenoxy) is 1. The molecule has 0 bridgehead atoms. The van der Waals surface area contributed by atoms with Crippen molar-refractivity contribution >= 4 is 5.91 Å². The zero-order valence-electron chi connectivity index (χ0n) is 16.0. The normalized spacial score (nSPS) is 14.8. The Morgan fingerprint density at radius 2 is 1.71 bits per heavy atom. The highest BCUT2D eigenvalue weighted by Gasteiger charge is 2.22. The Morgan fingerprint density at radius 3 is 2.32 bits per heavy atom. The highest BCUT2D eigenvalue weighted by molar-refractivity contribution is 5.94. The Labute approximate surface area is 164 Å². The molecule has 1 aromatic heterocycles. The summed E-state index contributed by atoms with van der Waals surface area (Å²) in [5.74, 6) is 0.967. The second kappa shape index (κ2) is 8.27. The van der Waals surface area contributed by atoms with E-state index in [2.05, 4.69) is 22.1 Å². The van der Waals surface area contributed by atoms with Crippen LogP contribution in [0.2, 0.25) is 0 Å². The Balaban J connectivity index is 1.32. The maximum atomic E-state index is 12.8. The van der Waals surface area contributed by atoms with E-state index in [0.717, 1.165) is 49.7 Å². The van der Waals surface area contributed by atoms with Gasteiger partial charge in [-0.3, -0.25) is 9.69 Å². The molecule has 4 rings (SSSR count). The molecule has 6 heteroatoms. The van der Waals surface area contributed by atoms with Crippen molar-refractivity contribution in [3.63, 3.8) is 0 Å². The molecular weight excluding hydrogens is 352 g/mol. The van der Waals surface area contributed by atoms with Gasteiger partial charge in [-0.05, 0) is 48.0 Å². The maximum Gasteiger partial charge on any atom is 0.253 e. The van der Waals surface area contributed by atoms with E-state index in [4.69, 9.17) is 4.74 Å². The summed E-state index contributed by atoms with van der Waals surface area (Å²) in [5, 5.41) is 4.21. The van der Waals surface area contributed by atoms with Crippen molar-refractivity contribution in [3.8, 4) is 11.4 Å². The highest BCUT2D eigenvalue weighted by Crippen LogP contribution is 2.16. The quantitative estimate of drug-likeness (QED) is 0.687. The predicted octanol–water partition coefficient (Wildman–Crippen LogP) is 2.84. The molecule has 6 nitrogen and oxygen atoms in total. The minimum atomic E-state index is 0.0936.